The first kappa shape index (κ1) is 11.7. The lowest BCUT2D eigenvalue weighted by Gasteiger charge is -2.07. The summed E-state index contributed by atoms with van der Waals surface area (Å²) in [6, 6.07) is 5.56. The predicted molar refractivity (Wildman–Crippen MR) is 72.4 cm³/mol. The molecule has 0 saturated heterocycles. The van der Waals surface area contributed by atoms with E-state index in [2.05, 4.69) is 9.97 Å². The molecule has 3 aromatic rings. The van der Waals surface area contributed by atoms with Gasteiger partial charge in [-0.15, -0.1) is 0 Å². The summed E-state index contributed by atoms with van der Waals surface area (Å²) in [5.74, 6) is 1.52. The average molecular weight is 257 g/mol. The van der Waals surface area contributed by atoms with Crippen LogP contribution in [-0.2, 0) is 20.2 Å². The summed E-state index contributed by atoms with van der Waals surface area (Å²) in [6.45, 7) is 0.457. The number of fused-ring (bicyclic) bond motifs is 1. The number of aliphatic hydroxyl groups is 1. The van der Waals surface area contributed by atoms with Crippen molar-refractivity contribution in [1.82, 2.24) is 19.1 Å². The summed E-state index contributed by atoms with van der Waals surface area (Å²) in [4.78, 5) is 8.70. The first-order chi connectivity index (χ1) is 9.19. The van der Waals surface area contributed by atoms with E-state index in [0.717, 1.165) is 16.9 Å². The molecular weight excluding hydrogens is 242 g/mol. The number of rotatable bonds is 3. The monoisotopic (exact) mass is 257 g/mol. The van der Waals surface area contributed by atoms with Gasteiger partial charge >= 0.3 is 0 Å². The van der Waals surface area contributed by atoms with Crippen LogP contribution in [0.2, 0.25) is 0 Å². The number of aliphatic hydroxyl groups excluding tert-OH is 1. The number of anilines is 1. The molecule has 0 aliphatic heterocycles. The Kier molecular flexibility index (Phi) is 2.72. The second-order valence-corrected chi connectivity index (χ2v) is 4.47. The smallest absolute Gasteiger partial charge is 0.136 e. The zero-order chi connectivity index (χ0) is 13.4. The van der Waals surface area contributed by atoms with Crippen LogP contribution < -0.4 is 5.73 Å². The molecule has 6 heteroatoms. The molecule has 0 saturated carbocycles. The number of aromatic nitrogens is 4. The van der Waals surface area contributed by atoms with Crippen molar-refractivity contribution in [3.63, 3.8) is 0 Å². The van der Waals surface area contributed by atoms with Gasteiger partial charge in [-0.1, -0.05) is 0 Å². The highest BCUT2D eigenvalue weighted by Crippen LogP contribution is 2.20. The molecular formula is C13H15N5O. The maximum absolute atomic E-state index is 9.44. The fraction of sp³-hybridized carbons (Fsp3) is 0.231. The normalized spacial score (nSPS) is 11.3. The van der Waals surface area contributed by atoms with E-state index >= 15 is 0 Å². The minimum absolute atomic E-state index is 0.112. The third-order valence-corrected chi connectivity index (χ3v) is 3.21. The van der Waals surface area contributed by atoms with Gasteiger partial charge in [0.15, 0.2) is 0 Å². The molecule has 0 aliphatic carbocycles. The van der Waals surface area contributed by atoms with Gasteiger partial charge in [0.25, 0.3) is 0 Å². The van der Waals surface area contributed by atoms with Crippen LogP contribution in [0.15, 0.2) is 30.6 Å². The number of hydrogen-bond acceptors (Lipinski definition) is 4. The third-order valence-electron chi connectivity index (χ3n) is 3.21. The van der Waals surface area contributed by atoms with E-state index < -0.39 is 0 Å². The lowest BCUT2D eigenvalue weighted by atomic mass is 10.3. The van der Waals surface area contributed by atoms with Gasteiger partial charge in [-0.3, -0.25) is 0 Å². The lowest BCUT2D eigenvalue weighted by Crippen LogP contribution is -2.09. The Bertz CT molecular complexity index is 728. The quantitative estimate of drug-likeness (QED) is 0.683. The van der Waals surface area contributed by atoms with E-state index in [1.54, 1.807) is 6.20 Å². The Hall–Kier alpha value is -2.34. The maximum atomic E-state index is 9.44. The molecule has 0 amide bonds. The van der Waals surface area contributed by atoms with Crippen LogP contribution in [-0.4, -0.2) is 24.2 Å². The maximum Gasteiger partial charge on any atom is 0.136 e. The van der Waals surface area contributed by atoms with Gasteiger partial charge in [0.2, 0.25) is 0 Å². The topological polar surface area (TPSA) is 81.9 Å². The lowest BCUT2D eigenvalue weighted by molar-refractivity contribution is 0.266. The second-order valence-electron chi connectivity index (χ2n) is 4.47. The summed E-state index contributed by atoms with van der Waals surface area (Å²) < 4.78 is 3.90. The molecule has 6 nitrogen and oxygen atoms in total. The molecule has 2 heterocycles. The molecule has 3 N–H and O–H groups in total. The van der Waals surface area contributed by atoms with Gasteiger partial charge in [-0.2, -0.15) is 0 Å². The number of benzene rings is 1. The molecule has 0 radical (unpaired) electrons. The van der Waals surface area contributed by atoms with Crippen LogP contribution in [0.3, 0.4) is 0 Å². The van der Waals surface area contributed by atoms with Crippen molar-refractivity contribution < 1.29 is 5.11 Å². The Morgan fingerprint density at radius 3 is 2.84 bits per heavy atom. The molecule has 0 aliphatic rings. The van der Waals surface area contributed by atoms with Crippen LogP contribution >= 0.6 is 0 Å². The van der Waals surface area contributed by atoms with Gasteiger partial charge in [-0.25, -0.2) is 9.97 Å². The van der Waals surface area contributed by atoms with Gasteiger partial charge in [0.05, 0.1) is 17.6 Å². The Labute approximate surface area is 110 Å². The van der Waals surface area contributed by atoms with Crippen molar-refractivity contribution in [3.8, 4) is 0 Å². The molecule has 0 atom stereocenters. The molecule has 19 heavy (non-hydrogen) atoms. The van der Waals surface area contributed by atoms with E-state index in [4.69, 9.17) is 5.73 Å². The molecule has 3 rings (SSSR count). The highest BCUT2D eigenvalue weighted by molar-refractivity contribution is 5.79. The summed E-state index contributed by atoms with van der Waals surface area (Å²) >= 11 is 0. The van der Waals surface area contributed by atoms with Crippen molar-refractivity contribution >= 4 is 16.7 Å². The van der Waals surface area contributed by atoms with Crippen molar-refractivity contribution in [2.75, 3.05) is 5.73 Å². The number of nitrogen functional groups attached to an aromatic ring is 1. The fourth-order valence-corrected chi connectivity index (χ4v) is 2.18. The second kappa shape index (κ2) is 4.40. The van der Waals surface area contributed by atoms with Gasteiger partial charge in [0.1, 0.15) is 18.3 Å². The Morgan fingerprint density at radius 1 is 1.32 bits per heavy atom. The van der Waals surface area contributed by atoms with Gasteiger partial charge in [-0.05, 0) is 18.2 Å². The number of imidazole rings is 2. The molecule has 1 aromatic carbocycles. The number of nitrogens with zero attached hydrogens (tertiary/aromatic N) is 4. The van der Waals surface area contributed by atoms with Crippen molar-refractivity contribution in [3.05, 3.63) is 42.2 Å². The van der Waals surface area contributed by atoms with Crippen LogP contribution in [0, 0.1) is 0 Å². The molecule has 98 valence electrons. The molecule has 0 bridgehead atoms. The highest BCUT2D eigenvalue weighted by Gasteiger charge is 2.12. The minimum Gasteiger partial charge on any atom is -0.399 e. The highest BCUT2D eigenvalue weighted by atomic mass is 16.3. The molecule has 2 aromatic heterocycles. The number of hydrogen-bond donors (Lipinski definition) is 2. The van der Waals surface area contributed by atoms with E-state index in [1.165, 1.54) is 0 Å². The van der Waals surface area contributed by atoms with E-state index in [0.29, 0.717) is 18.1 Å². The van der Waals surface area contributed by atoms with Crippen LogP contribution in [0.1, 0.15) is 11.6 Å². The summed E-state index contributed by atoms with van der Waals surface area (Å²) in [5.41, 5.74) is 8.16. The van der Waals surface area contributed by atoms with Crippen LogP contribution in [0.5, 0.6) is 0 Å². The van der Waals surface area contributed by atoms with Gasteiger partial charge in [0, 0.05) is 25.1 Å². The van der Waals surface area contributed by atoms with E-state index in [1.807, 2.05) is 40.6 Å². The number of nitrogens with two attached hydrogens (primary N) is 1. The standard InChI is InChI=1S/C13H15N5O/c1-17-5-4-15-12(17)7-18-11-3-2-9(14)6-10(11)16-13(18)8-19/h2-6,19H,7-8,14H2,1H3. The number of aryl methyl sites for hydroxylation is 1. The van der Waals surface area contributed by atoms with Crippen molar-refractivity contribution in [2.45, 2.75) is 13.2 Å². The van der Waals surface area contributed by atoms with Crippen molar-refractivity contribution in [2.24, 2.45) is 7.05 Å². The Balaban J connectivity index is 2.13. The predicted octanol–water partition coefficient (Wildman–Crippen LogP) is 0.893. The zero-order valence-electron chi connectivity index (χ0n) is 10.6. The Morgan fingerprint density at radius 2 is 2.16 bits per heavy atom. The van der Waals surface area contributed by atoms with E-state index in [-0.39, 0.29) is 6.61 Å². The van der Waals surface area contributed by atoms with Crippen LogP contribution in [0.4, 0.5) is 5.69 Å². The zero-order valence-corrected chi connectivity index (χ0v) is 10.6. The van der Waals surface area contributed by atoms with Gasteiger partial charge < -0.3 is 20.0 Å². The summed E-state index contributed by atoms with van der Waals surface area (Å²) in [6.07, 6.45) is 3.65. The average Bonchev–Trinajstić information content (AvgIpc) is 2.94. The molecule has 0 fully saturated rings. The van der Waals surface area contributed by atoms with Crippen molar-refractivity contribution in [1.29, 1.82) is 0 Å². The molecule has 0 spiro atoms. The van der Waals surface area contributed by atoms with Crippen LogP contribution in [0.25, 0.3) is 11.0 Å². The molecule has 0 unspecified atom stereocenters. The minimum atomic E-state index is -0.112. The van der Waals surface area contributed by atoms with E-state index in [9.17, 15) is 5.11 Å². The largest absolute Gasteiger partial charge is 0.399 e. The summed E-state index contributed by atoms with van der Waals surface area (Å²) in [7, 11) is 1.94. The first-order valence-electron chi connectivity index (χ1n) is 6.00. The first-order valence-corrected chi connectivity index (χ1v) is 6.00. The fourth-order valence-electron chi connectivity index (χ4n) is 2.18. The summed E-state index contributed by atoms with van der Waals surface area (Å²) in [5, 5.41) is 9.44. The SMILES string of the molecule is Cn1ccnc1Cn1c(CO)nc2cc(N)ccc21. The third kappa shape index (κ3) is 1.96.